The smallest absolute Gasteiger partial charge is 0.408 e. The highest BCUT2D eigenvalue weighted by molar-refractivity contribution is 5.81. The zero-order chi connectivity index (χ0) is 18.3. The summed E-state index contributed by atoms with van der Waals surface area (Å²) in [5, 5.41) is 2.61. The highest BCUT2D eigenvalue weighted by Gasteiger charge is 2.26. The van der Waals surface area contributed by atoms with Gasteiger partial charge in [-0.15, -0.1) is 0 Å². The summed E-state index contributed by atoms with van der Waals surface area (Å²) in [6, 6.07) is -0.708. The van der Waals surface area contributed by atoms with E-state index in [9.17, 15) is 9.59 Å². The number of alkyl carbamates (subject to hydrolysis) is 1. The molecule has 1 amide bonds. The summed E-state index contributed by atoms with van der Waals surface area (Å²) >= 11 is 0. The number of imidazole rings is 1. The van der Waals surface area contributed by atoms with Crippen molar-refractivity contribution in [2.75, 3.05) is 6.61 Å². The minimum atomic E-state index is -0.708. The van der Waals surface area contributed by atoms with Gasteiger partial charge in [-0.1, -0.05) is 13.8 Å². The Kier molecular flexibility index (Phi) is 7.25. The number of rotatable bonds is 7. The van der Waals surface area contributed by atoms with E-state index in [-0.39, 0.29) is 12.5 Å². The molecule has 0 saturated carbocycles. The number of aromatic nitrogens is 2. The van der Waals surface area contributed by atoms with Crippen LogP contribution in [0.5, 0.6) is 0 Å². The minimum absolute atomic E-state index is 0.237. The molecule has 1 aromatic rings. The highest BCUT2D eigenvalue weighted by atomic mass is 16.6. The standard InChI is InChI=1S/C17H29N3O4/c1-13(2)11-14(18-16(22)24-17(3,4)5)15(21)23-10-9-20-8-7-19(6)12-20/h7-8,12-14H,9-11H2,1-6H3/p+1/t14-/m1/s1. The summed E-state index contributed by atoms with van der Waals surface area (Å²) in [5.74, 6) is -0.202. The van der Waals surface area contributed by atoms with Crippen molar-refractivity contribution < 1.29 is 23.6 Å². The number of ether oxygens (including phenoxy) is 2. The van der Waals surface area contributed by atoms with E-state index in [1.165, 1.54) is 0 Å². The van der Waals surface area contributed by atoms with E-state index in [4.69, 9.17) is 9.47 Å². The normalized spacial score (nSPS) is 12.8. The number of carbonyl (C=O) groups excluding carboxylic acids is 2. The van der Waals surface area contributed by atoms with Crippen LogP contribution >= 0.6 is 0 Å². The van der Waals surface area contributed by atoms with Gasteiger partial charge in [0.1, 0.15) is 37.2 Å². The molecule has 24 heavy (non-hydrogen) atoms. The summed E-state index contributed by atoms with van der Waals surface area (Å²) in [4.78, 5) is 24.2. The lowest BCUT2D eigenvalue weighted by Crippen LogP contribution is -2.45. The Morgan fingerprint density at radius 2 is 1.96 bits per heavy atom. The average molecular weight is 340 g/mol. The van der Waals surface area contributed by atoms with Gasteiger partial charge in [-0.2, -0.15) is 0 Å². The molecule has 0 aliphatic rings. The zero-order valence-corrected chi connectivity index (χ0v) is 15.5. The van der Waals surface area contributed by atoms with Gasteiger partial charge >= 0.3 is 12.1 Å². The Hall–Kier alpha value is -2.05. The summed E-state index contributed by atoms with van der Waals surface area (Å²) < 4.78 is 14.4. The maximum atomic E-state index is 12.3. The van der Waals surface area contributed by atoms with E-state index >= 15 is 0 Å². The molecule has 1 heterocycles. The first kappa shape index (κ1) is 20.0. The Labute approximate surface area is 143 Å². The van der Waals surface area contributed by atoms with E-state index in [0.29, 0.717) is 13.0 Å². The molecule has 0 aliphatic heterocycles. The largest absolute Gasteiger partial charge is 0.460 e. The average Bonchev–Trinajstić information content (AvgIpc) is 2.80. The Morgan fingerprint density at radius 1 is 1.29 bits per heavy atom. The van der Waals surface area contributed by atoms with Crippen LogP contribution in [-0.4, -0.2) is 34.9 Å². The van der Waals surface area contributed by atoms with Gasteiger partial charge in [-0.05, 0) is 33.1 Å². The summed E-state index contributed by atoms with van der Waals surface area (Å²) in [6.45, 7) is 10.1. The van der Waals surface area contributed by atoms with E-state index in [1.807, 2.05) is 48.8 Å². The van der Waals surface area contributed by atoms with Crippen LogP contribution in [0.1, 0.15) is 41.0 Å². The second kappa shape index (κ2) is 8.70. The molecule has 0 bridgehead atoms. The van der Waals surface area contributed by atoms with Crippen LogP contribution in [-0.2, 0) is 27.9 Å². The van der Waals surface area contributed by atoms with Gasteiger partial charge < -0.3 is 14.8 Å². The fourth-order valence-electron chi connectivity index (χ4n) is 2.12. The fourth-order valence-corrected chi connectivity index (χ4v) is 2.12. The number of hydrogen-bond donors (Lipinski definition) is 1. The predicted octanol–water partition coefficient (Wildman–Crippen LogP) is 1.80. The first-order valence-corrected chi connectivity index (χ1v) is 8.24. The molecule has 0 fully saturated rings. The number of nitrogens with zero attached hydrogens (tertiary/aromatic N) is 2. The first-order valence-electron chi connectivity index (χ1n) is 8.24. The highest BCUT2D eigenvalue weighted by Crippen LogP contribution is 2.10. The summed E-state index contributed by atoms with van der Waals surface area (Å²) in [6.07, 6.45) is 5.60. The van der Waals surface area contributed by atoms with E-state index in [0.717, 1.165) is 0 Å². The Balaban J connectivity index is 2.52. The maximum Gasteiger partial charge on any atom is 0.408 e. The van der Waals surface area contributed by atoms with Crippen molar-refractivity contribution in [3.05, 3.63) is 18.7 Å². The molecule has 0 spiro atoms. The van der Waals surface area contributed by atoms with E-state index in [1.54, 1.807) is 20.8 Å². The van der Waals surface area contributed by atoms with Crippen molar-refractivity contribution in [3.8, 4) is 0 Å². The maximum absolute atomic E-state index is 12.3. The lowest BCUT2D eigenvalue weighted by molar-refractivity contribution is -0.671. The monoisotopic (exact) mass is 340 g/mol. The summed E-state index contributed by atoms with van der Waals surface area (Å²) in [5.41, 5.74) is -0.611. The van der Waals surface area contributed by atoms with Crippen LogP contribution in [0, 0.1) is 5.92 Å². The number of aryl methyl sites for hydroxylation is 1. The molecule has 0 radical (unpaired) electrons. The lowest BCUT2D eigenvalue weighted by Gasteiger charge is -2.23. The number of hydrogen-bond acceptors (Lipinski definition) is 4. The third kappa shape index (κ3) is 7.99. The minimum Gasteiger partial charge on any atom is -0.460 e. The molecule has 1 aromatic heterocycles. The molecule has 0 unspecified atom stereocenters. The van der Waals surface area contributed by atoms with E-state index < -0.39 is 23.7 Å². The van der Waals surface area contributed by atoms with Crippen molar-refractivity contribution in [2.24, 2.45) is 13.0 Å². The third-order valence-electron chi connectivity index (χ3n) is 3.10. The van der Waals surface area contributed by atoms with Crippen LogP contribution in [0.2, 0.25) is 0 Å². The van der Waals surface area contributed by atoms with Crippen LogP contribution in [0.25, 0.3) is 0 Å². The van der Waals surface area contributed by atoms with Gasteiger partial charge in [0.15, 0.2) is 0 Å². The van der Waals surface area contributed by atoms with Crippen molar-refractivity contribution in [2.45, 2.75) is 59.2 Å². The van der Waals surface area contributed by atoms with E-state index in [2.05, 4.69) is 5.32 Å². The molecular weight excluding hydrogens is 310 g/mol. The van der Waals surface area contributed by atoms with Crippen LogP contribution in [0.3, 0.4) is 0 Å². The molecule has 0 saturated heterocycles. The van der Waals surface area contributed by atoms with Gasteiger partial charge in [0.2, 0.25) is 6.33 Å². The molecule has 7 heteroatoms. The molecule has 0 aromatic carbocycles. The number of nitrogens with one attached hydrogen (secondary N) is 1. The van der Waals surface area contributed by atoms with Gasteiger partial charge in [0.25, 0.3) is 0 Å². The number of carbonyl (C=O) groups is 2. The molecule has 1 atom stereocenters. The zero-order valence-electron chi connectivity index (χ0n) is 15.5. The molecule has 1 rings (SSSR count). The van der Waals surface area contributed by atoms with Gasteiger partial charge in [0.05, 0.1) is 7.05 Å². The molecule has 136 valence electrons. The third-order valence-corrected chi connectivity index (χ3v) is 3.10. The van der Waals surface area contributed by atoms with Gasteiger partial charge in [-0.3, -0.25) is 0 Å². The first-order chi connectivity index (χ1) is 11.1. The topological polar surface area (TPSA) is 73.4 Å². The Bertz CT molecular complexity index is 546. The quantitative estimate of drug-likeness (QED) is 0.607. The SMILES string of the molecule is CC(C)C[C@@H](NC(=O)OC(C)(C)C)C(=O)OCCn1cc[n+](C)c1. The molecular formula is C17H30N3O4+. The molecule has 1 N–H and O–H groups in total. The fraction of sp³-hybridized carbons (Fsp3) is 0.706. The molecule has 0 aliphatic carbocycles. The number of amides is 1. The van der Waals surface area contributed by atoms with Crippen LogP contribution in [0.4, 0.5) is 4.79 Å². The van der Waals surface area contributed by atoms with Crippen molar-refractivity contribution in [1.29, 1.82) is 0 Å². The molecule has 7 nitrogen and oxygen atoms in total. The van der Waals surface area contributed by atoms with Crippen molar-refractivity contribution in [3.63, 3.8) is 0 Å². The second-order valence-electron chi connectivity index (χ2n) is 7.31. The predicted molar refractivity (Wildman–Crippen MR) is 89.2 cm³/mol. The summed E-state index contributed by atoms with van der Waals surface area (Å²) in [7, 11) is 1.92. The van der Waals surface area contributed by atoms with Gasteiger partial charge in [0, 0.05) is 0 Å². The van der Waals surface area contributed by atoms with Gasteiger partial charge in [-0.25, -0.2) is 18.7 Å². The lowest BCUT2D eigenvalue weighted by atomic mass is 10.0. The Morgan fingerprint density at radius 3 is 2.46 bits per heavy atom. The second-order valence-corrected chi connectivity index (χ2v) is 7.31. The number of esters is 1. The van der Waals surface area contributed by atoms with Crippen molar-refractivity contribution in [1.82, 2.24) is 9.88 Å². The van der Waals surface area contributed by atoms with Crippen LogP contribution < -0.4 is 9.88 Å². The van der Waals surface area contributed by atoms with Crippen LogP contribution in [0.15, 0.2) is 18.7 Å². The van der Waals surface area contributed by atoms with Crippen molar-refractivity contribution >= 4 is 12.1 Å².